The van der Waals surface area contributed by atoms with Gasteiger partial charge in [0.2, 0.25) is 0 Å². The summed E-state index contributed by atoms with van der Waals surface area (Å²) < 4.78 is 2.04. The van der Waals surface area contributed by atoms with Gasteiger partial charge in [-0.25, -0.2) is 0 Å². The highest BCUT2D eigenvalue weighted by atomic mass is 16.1. The zero-order valence-electron chi connectivity index (χ0n) is 9.91. The van der Waals surface area contributed by atoms with Gasteiger partial charge in [0.1, 0.15) is 0 Å². The van der Waals surface area contributed by atoms with Crippen molar-refractivity contribution in [3.05, 3.63) is 33.7 Å². The van der Waals surface area contributed by atoms with Crippen molar-refractivity contribution >= 4 is 0 Å². The van der Waals surface area contributed by atoms with Gasteiger partial charge in [0.15, 0.2) is 0 Å². The van der Waals surface area contributed by atoms with Crippen LogP contribution in [0.15, 0.2) is 16.9 Å². The monoisotopic (exact) mass is 217 g/mol. The Labute approximate surface area is 96.3 Å². The fourth-order valence-corrected chi connectivity index (χ4v) is 3.39. The van der Waals surface area contributed by atoms with Crippen LogP contribution in [0.25, 0.3) is 0 Å². The first kappa shape index (κ1) is 10.1. The maximum atomic E-state index is 12.0. The van der Waals surface area contributed by atoms with Gasteiger partial charge in [0.25, 0.3) is 5.56 Å². The zero-order valence-corrected chi connectivity index (χ0v) is 9.91. The van der Waals surface area contributed by atoms with Gasteiger partial charge in [-0.1, -0.05) is 13.3 Å². The third-order valence-corrected chi connectivity index (χ3v) is 4.27. The summed E-state index contributed by atoms with van der Waals surface area (Å²) >= 11 is 0. The van der Waals surface area contributed by atoms with Gasteiger partial charge < -0.3 is 4.57 Å². The van der Waals surface area contributed by atoms with E-state index in [0.29, 0.717) is 5.92 Å². The normalized spacial score (nSPS) is 27.6. The van der Waals surface area contributed by atoms with E-state index >= 15 is 0 Å². The summed E-state index contributed by atoms with van der Waals surface area (Å²) in [6.07, 6.45) is 6.23. The highest BCUT2D eigenvalue weighted by molar-refractivity contribution is 5.23. The first-order valence-electron chi connectivity index (χ1n) is 6.51. The molecule has 0 spiro atoms. The molecule has 0 radical (unpaired) electrons. The summed E-state index contributed by atoms with van der Waals surface area (Å²) in [5.41, 5.74) is 2.76. The third-order valence-electron chi connectivity index (χ3n) is 4.27. The molecule has 2 nitrogen and oxygen atoms in total. The van der Waals surface area contributed by atoms with Gasteiger partial charge in [-0.3, -0.25) is 4.79 Å². The van der Waals surface area contributed by atoms with Crippen LogP contribution in [0, 0.1) is 5.92 Å². The number of pyridine rings is 1. The standard InChI is InChI=1S/C14H19NO/c1-2-10-7-13-12-5-3-4-11(6-12)9-15(13)14(16)8-10/h7-8,11-12H,2-6,9H2,1H3/t11?,12-/m1/s1. The van der Waals surface area contributed by atoms with Crippen LogP contribution < -0.4 is 5.56 Å². The minimum Gasteiger partial charge on any atom is -0.312 e. The fraction of sp³-hybridized carbons (Fsp3) is 0.643. The van der Waals surface area contributed by atoms with Crippen LogP contribution in [0.2, 0.25) is 0 Å². The summed E-state index contributed by atoms with van der Waals surface area (Å²) in [7, 11) is 0. The molecule has 2 atom stereocenters. The fourth-order valence-electron chi connectivity index (χ4n) is 3.39. The Morgan fingerprint density at radius 3 is 3.06 bits per heavy atom. The minimum absolute atomic E-state index is 0.228. The molecule has 1 aromatic rings. The summed E-state index contributed by atoms with van der Waals surface area (Å²) in [6, 6.07) is 4.10. The van der Waals surface area contributed by atoms with Crippen molar-refractivity contribution in [2.24, 2.45) is 5.92 Å². The van der Waals surface area contributed by atoms with E-state index in [4.69, 9.17) is 0 Å². The molecule has 1 aliphatic heterocycles. The smallest absolute Gasteiger partial charge is 0.251 e. The Hall–Kier alpha value is -1.05. The molecule has 1 aromatic heterocycles. The molecule has 0 amide bonds. The van der Waals surface area contributed by atoms with Crippen molar-refractivity contribution in [2.75, 3.05) is 0 Å². The molecule has 2 heterocycles. The molecule has 1 fully saturated rings. The van der Waals surface area contributed by atoms with E-state index in [1.165, 1.54) is 36.9 Å². The molecule has 2 bridgehead atoms. The molecule has 2 aliphatic rings. The van der Waals surface area contributed by atoms with E-state index in [9.17, 15) is 4.79 Å². The SMILES string of the molecule is CCc1cc2n(c(=O)c1)CC1CCC[C@@H]2C1. The summed E-state index contributed by atoms with van der Waals surface area (Å²) in [6.45, 7) is 3.09. The molecular weight excluding hydrogens is 198 g/mol. The molecule has 0 N–H and O–H groups in total. The van der Waals surface area contributed by atoms with Crippen LogP contribution >= 0.6 is 0 Å². The van der Waals surface area contributed by atoms with Gasteiger partial charge in [-0.15, -0.1) is 0 Å². The van der Waals surface area contributed by atoms with Crippen LogP contribution in [0.4, 0.5) is 0 Å². The average molecular weight is 217 g/mol. The molecule has 1 saturated carbocycles. The van der Waals surface area contributed by atoms with Crippen molar-refractivity contribution in [1.29, 1.82) is 0 Å². The Bertz CT molecular complexity index is 460. The lowest BCUT2D eigenvalue weighted by Gasteiger charge is -2.37. The third kappa shape index (κ3) is 1.51. The lowest BCUT2D eigenvalue weighted by atomic mass is 9.76. The van der Waals surface area contributed by atoms with Crippen molar-refractivity contribution in [1.82, 2.24) is 4.57 Å². The van der Waals surface area contributed by atoms with Crippen molar-refractivity contribution in [3.8, 4) is 0 Å². The van der Waals surface area contributed by atoms with Crippen LogP contribution in [0.3, 0.4) is 0 Å². The molecule has 0 aromatic carbocycles. The molecule has 1 aliphatic carbocycles. The van der Waals surface area contributed by atoms with E-state index in [1.54, 1.807) is 0 Å². The van der Waals surface area contributed by atoms with Crippen LogP contribution in [-0.2, 0) is 13.0 Å². The van der Waals surface area contributed by atoms with Crippen LogP contribution in [-0.4, -0.2) is 4.57 Å². The number of hydrogen-bond donors (Lipinski definition) is 0. The van der Waals surface area contributed by atoms with Gasteiger partial charge >= 0.3 is 0 Å². The van der Waals surface area contributed by atoms with Gasteiger partial charge in [0.05, 0.1) is 0 Å². The first-order valence-corrected chi connectivity index (χ1v) is 6.51. The van der Waals surface area contributed by atoms with Crippen LogP contribution in [0.1, 0.15) is 49.8 Å². The Morgan fingerprint density at radius 1 is 1.38 bits per heavy atom. The predicted octanol–water partition coefficient (Wildman–Crippen LogP) is 2.70. The number of fused-ring (bicyclic) bond motifs is 4. The Balaban J connectivity index is 2.13. The lowest BCUT2D eigenvalue weighted by Crippen LogP contribution is -2.35. The molecule has 1 unspecified atom stereocenters. The van der Waals surface area contributed by atoms with E-state index < -0.39 is 0 Å². The second kappa shape index (κ2) is 3.76. The van der Waals surface area contributed by atoms with Crippen LogP contribution in [0.5, 0.6) is 0 Å². The summed E-state index contributed by atoms with van der Waals surface area (Å²) in [5, 5.41) is 0. The maximum absolute atomic E-state index is 12.0. The van der Waals surface area contributed by atoms with Gasteiger partial charge in [-0.2, -0.15) is 0 Å². The topological polar surface area (TPSA) is 22.0 Å². The molecule has 3 rings (SSSR count). The number of rotatable bonds is 1. The van der Waals surface area contributed by atoms with Gasteiger partial charge in [0, 0.05) is 18.3 Å². The molecule has 86 valence electrons. The predicted molar refractivity (Wildman–Crippen MR) is 64.8 cm³/mol. The Kier molecular flexibility index (Phi) is 2.38. The highest BCUT2D eigenvalue weighted by Crippen LogP contribution is 2.40. The van der Waals surface area contributed by atoms with Gasteiger partial charge in [-0.05, 0) is 49.1 Å². The minimum atomic E-state index is 0.228. The van der Waals surface area contributed by atoms with E-state index in [0.717, 1.165) is 18.9 Å². The average Bonchev–Trinajstić information content (AvgIpc) is 2.31. The molecule has 2 heteroatoms. The largest absolute Gasteiger partial charge is 0.312 e. The van der Waals surface area contributed by atoms with E-state index in [-0.39, 0.29) is 5.56 Å². The second-order valence-electron chi connectivity index (χ2n) is 5.32. The van der Waals surface area contributed by atoms with Crippen molar-refractivity contribution < 1.29 is 0 Å². The molecule has 0 saturated heterocycles. The number of aromatic nitrogens is 1. The summed E-state index contributed by atoms with van der Waals surface area (Å²) in [5.74, 6) is 1.42. The molecule has 16 heavy (non-hydrogen) atoms. The number of nitrogens with zero attached hydrogens (tertiary/aromatic N) is 1. The Morgan fingerprint density at radius 2 is 2.25 bits per heavy atom. The van der Waals surface area contributed by atoms with Crippen molar-refractivity contribution in [3.63, 3.8) is 0 Å². The number of aryl methyl sites for hydroxylation is 1. The summed E-state index contributed by atoms with van der Waals surface area (Å²) in [4.78, 5) is 12.0. The molecular formula is C14H19NO. The second-order valence-corrected chi connectivity index (χ2v) is 5.32. The van der Waals surface area contributed by atoms with Crippen molar-refractivity contribution in [2.45, 2.75) is 51.5 Å². The zero-order chi connectivity index (χ0) is 11.1. The quantitative estimate of drug-likeness (QED) is 0.709. The van der Waals surface area contributed by atoms with E-state index in [1.807, 2.05) is 10.6 Å². The maximum Gasteiger partial charge on any atom is 0.251 e. The lowest BCUT2D eigenvalue weighted by molar-refractivity contribution is 0.240. The van der Waals surface area contributed by atoms with E-state index in [2.05, 4.69) is 13.0 Å². The number of hydrogen-bond acceptors (Lipinski definition) is 1. The highest BCUT2D eigenvalue weighted by Gasteiger charge is 2.30. The first-order chi connectivity index (χ1) is 7.78.